The van der Waals surface area contributed by atoms with Crippen LogP contribution >= 0.6 is 11.6 Å². The summed E-state index contributed by atoms with van der Waals surface area (Å²) in [6.07, 6.45) is 0.410. The monoisotopic (exact) mass is 295 g/mol. The molecular weight excluding hydrogens is 280 g/mol. The van der Waals surface area contributed by atoms with E-state index in [-0.39, 0.29) is 17.7 Å². The van der Waals surface area contributed by atoms with Gasteiger partial charge in [-0.2, -0.15) is 0 Å². The van der Waals surface area contributed by atoms with Gasteiger partial charge >= 0.3 is 0 Å². The van der Waals surface area contributed by atoms with Crippen molar-refractivity contribution < 1.29 is 8.78 Å². The van der Waals surface area contributed by atoms with Crippen molar-refractivity contribution in [1.82, 2.24) is 5.32 Å². The van der Waals surface area contributed by atoms with E-state index >= 15 is 0 Å². The molecule has 1 unspecified atom stereocenters. The van der Waals surface area contributed by atoms with Crippen LogP contribution in [0.15, 0.2) is 36.4 Å². The average molecular weight is 296 g/mol. The standard InChI is InChI=1S/C16H16ClF2N/c1-10-8-11(6-7-14(10)18)16(20-2)9-12-13(17)4-3-5-15(12)19/h3-8,16,20H,9H2,1-2H3. The van der Waals surface area contributed by atoms with Gasteiger partial charge in [0.05, 0.1) is 0 Å². The van der Waals surface area contributed by atoms with E-state index in [0.717, 1.165) is 5.56 Å². The number of hydrogen-bond acceptors (Lipinski definition) is 1. The molecule has 2 rings (SSSR count). The minimum absolute atomic E-state index is 0.122. The third-order valence-electron chi connectivity index (χ3n) is 3.40. The van der Waals surface area contributed by atoms with Crippen LogP contribution in [0.1, 0.15) is 22.7 Å². The fourth-order valence-electron chi connectivity index (χ4n) is 2.20. The number of benzene rings is 2. The molecule has 1 nitrogen and oxygen atoms in total. The predicted molar refractivity (Wildman–Crippen MR) is 78.1 cm³/mol. The van der Waals surface area contributed by atoms with Crippen LogP contribution < -0.4 is 5.32 Å². The molecule has 0 aliphatic rings. The highest BCUT2D eigenvalue weighted by molar-refractivity contribution is 6.31. The fraction of sp³-hybridized carbons (Fsp3) is 0.250. The van der Waals surface area contributed by atoms with Crippen molar-refractivity contribution in [3.05, 3.63) is 69.7 Å². The molecule has 0 amide bonds. The number of rotatable bonds is 4. The Balaban J connectivity index is 2.31. The topological polar surface area (TPSA) is 12.0 Å². The summed E-state index contributed by atoms with van der Waals surface area (Å²) in [5, 5.41) is 3.53. The van der Waals surface area contributed by atoms with Crippen LogP contribution in [0.4, 0.5) is 8.78 Å². The van der Waals surface area contributed by atoms with Gasteiger partial charge in [0, 0.05) is 16.6 Å². The minimum Gasteiger partial charge on any atom is -0.313 e. The average Bonchev–Trinajstić information content (AvgIpc) is 2.42. The molecule has 0 aromatic heterocycles. The van der Waals surface area contributed by atoms with Crippen molar-refractivity contribution in [2.75, 3.05) is 7.05 Å². The lowest BCUT2D eigenvalue weighted by atomic mass is 9.97. The molecule has 0 saturated heterocycles. The van der Waals surface area contributed by atoms with E-state index in [9.17, 15) is 8.78 Å². The second-order valence-electron chi connectivity index (χ2n) is 4.75. The van der Waals surface area contributed by atoms with Crippen LogP contribution in [0, 0.1) is 18.6 Å². The van der Waals surface area contributed by atoms with Crippen molar-refractivity contribution in [2.24, 2.45) is 0 Å². The first-order valence-corrected chi connectivity index (χ1v) is 6.77. The number of likely N-dealkylation sites (N-methyl/N-ethyl adjacent to an activating group) is 1. The molecule has 2 aromatic rings. The van der Waals surface area contributed by atoms with Crippen LogP contribution in [0.5, 0.6) is 0 Å². The van der Waals surface area contributed by atoms with E-state index < -0.39 is 0 Å². The van der Waals surface area contributed by atoms with E-state index in [0.29, 0.717) is 22.6 Å². The van der Waals surface area contributed by atoms with E-state index in [1.54, 1.807) is 38.2 Å². The Bertz CT molecular complexity index is 593. The summed E-state index contributed by atoms with van der Waals surface area (Å²) in [5.41, 5.74) is 1.95. The summed E-state index contributed by atoms with van der Waals surface area (Å²) in [6, 6.07) is 9.43. The maximum absolute atomic E-state index is 13.8. The molecule has 2 aromatic carbocycles. The lowest BCUT2D eigenvalue weighted by Crippen LogP contribution is -2.19. The summed E-state index contributed by atoms with van der Waals surface area (Å²) < 4.78 is 27.2. The number of nitrogens with one attached hydrogen (secondary N) is 1. The van der Waals surface area contributed by atoms with Crippen LogP contribution in [-0.4, -0.2) is 7.05 Å². The normalized spacial score (nSPS) is 12.4. The van der Waals surface area contributed by atoms with Gasteiger partial charge in [-0.25, -0.2) is 8.78 Å². The second kappa shape index (κ2) is 6.33. The maximum atomic E-state index is 13.8. The second-order valence-corrected chi connectivity index (χ2v) is 5.16. The predicted octanol–water partition coefficient (Wildman–Crippen LogP) is 4.43. The zero-order valence-electron chi connectivity index (χ0n) is 11.4. The molecule has 0 radical (unpaired) electrons. The molecule has 0 heterocycles. The zero-order valence-corrected chi connectivity index (χ0v) is 12.1. The Morgan fingerprint density at radius 3 is 2.50 bits per heavy atom. The molecule has 1 N–H and O–H groups in total. The lowest BCUT2D eigenvalue weighted by molar-refractivity contribution is 0.552. The van der Waals surface area contributed by atoms with Crippen molar-refractivity contribution in [3.8, 4) is 0 Å². The van der Waals surface area contributed by atoms with Crippen molar-refractivity contribution in [2.45, 2.75) is 19.4 Å². The number of aryl methyl sites for hydroxylation is 1. The Hall–Kier alpha value is -1.45. The first-order valence-electron chi connectivity index (χ1n) is 6.39. The molecule has 0 aliphatic heterocycles. The molecule has 0 aliphatic carbocycles. The van der Waals surface area contributed by atoms with Gasteiger partial charge in [0.25, 0.3) is 0 Å². The first kappa shape index (κ1) is 14.9. The van der Waals surface area contributed by atoms with Gasteiger partial charge in [0.2, 0.25) is 0 Å². The Labute approximate surface area is 122 Å². The number of hydrogen-bond donors (Lipinski definition) is 1. The zero-order chi connectivity index (χ0) is 14.7. The van der Waals surface area contributed by atoms with Crippen molar-refractivity contribution in [1.29, 1.82) is 0 Å². The summed E-state index contributed by atoms with van der Waals surface area (Å²) in [5.74, 6) is -0.566. The smallest absolute Gasteiger partial charge is 0.127 e. The molecular formula is C16H16ClF2N. The molecule has 1 atom stereocenters. The Kier molecular flexibility index (Phi) is 4.73. The van der Waals surface area contributed by atoms with E-state index in [4.69, 9.17) is 11.6 Å². The summed E-state index contributed by atoms with van der Waals surface area (Å²) in [4.78, 5) is 0. The third kappa shape index (κ3) is 3.17. The molecule has 0 fully saturated rings. The molecule has 106 valence electrons. The van der Waals surface area contributed by atoms with Gasteiger partial charge < -0.3 is 5.32 Å². The molecule has 0 saturated carbocycles. The number of halogens is 3. The van der Waals surface area contributed by atoms with Crippen LogP contribution in [0.2, 0.25) is 5.02 Å². The molecule has 20 heavy (non-hydrogen) atoms. The van der Waals surface area contributed by atoms with Gasteiger partial charge in [0.1, 0.15) is 11.6 Å². The summed E-state index contributed by atoms with van der Waals surface area (Å²) >= 11 is 6.05. The van der Waals surface area contributed by atoms with E-state index in [1.165, 1.54) is 12.1 Å². The van der Waals surface area contributed by atoms with Gasteiger partial charge in [0.15, 0.2) is 0 Å². The van der Waals surface area contributed by atoms with E-state index in [2.05, 4.69) is 5.32 Å². The van der Waals surface area contributed by atoms with Crippen molar-refractivity contribution >= 4 is 11.6 Å². The first-order chi connectivity index (χ1) is 9.52. The van der Waals surface area contributed by atoms with Gasteiger partial charge in [-0.1, -0.05) is 29.8 Å². The van der Waals surface area contributed by atoms with Crippen molar-refractivity contribution in [3.63, 3.8) is 0 Å². The maximum Gasteiger partial charge on any atom is 0.127 e. The molecule has 0 spiro atoms. The summed E-state index contributed by atoms with van der Waals surface area (Å²) in [6.45, 7) is 1.71. The van der Waals surface area contributed by atoms with Crippen LogP contribution in [0.3, 0.4) is 0 Å². The highest BCUT2D eigenvalue weighted by Gasteiger charge is 2.16. The lowest BCUT2D eigenvalue weighted by Gasteiger charge is -2.18. The quantitative estimate of drug-likeness (QED) is 0.880. The van der Waals surface area contributed by atoms with Gasteiger partial charge in [-0.3, -0.25) is 0 Å². The van der Waals surface area contributed by atoms with Crippen LogP contribution in [-0.2, 0) is 6.42 Å². The Morgan fingerprint density at radius 1 is 1.15 bits per heavy atom. The largest absolute Gasteiger partial charge is 0.313 e. The molecule has 0 bridgehead atoms. The molecule has 4 heteroatoms. The van der Waals surface area contributed by atoms with Gasteiger partial charge in [-0.05, 0) is 49.7 Å². The third-order valence-corrected chi connectivity index (χ3v) is 3.76. The van der Waals surface area contributed by atoms with Gasteiger partial charge in [-0.15, -0.1) is 0 Å². The minimum atomic E-state index is -0.323. The summed E-state index contributed by atoms with van der Waals surface area (Å²) in [7, 11) is 1.79. The van der Waals surface area contributed by atoms with Crippen LogP contribution in [0.25, 0.3) is 0 Å². The Morgan fingerprint density at radius 2 is 1.90 bits per heavy atom. The fourth-order valence-corrected chi connectivity index (χ4v) is 2.44. The highest BCUT2D eigenvalue weighted by Crippen LogP contribution is 2.26. The highest BCUT2D eigenvalue weighted by atomic mass is 35.5. The SMILES string of the molecule is CNC(Cc1c(F)cccc1Cl)c1ccc(F)c(C)c1. The van der Waals surface area contributed by atoms with E-state index in [1.807, 2.05) is 0 Å².